The molecule has 1 atom stereocenters. The molecule has 0 saturated carbocycles. The average molecular weight is 371 g/mol. The summed E-state index contributed by atoms with van der Waals surface area (Å²) in [5.74, 6) is 0.977. The van der Waals surface area contributed by atoms with Gasteiger partial charge in [-0.1, -0.05) is 36.4 Å². The zero-order chi connectivity index (χ0) is 17.1. The zero-order valence-corrected chi connectivity index (χ0v) is 15.3. The topological polar surface area (TPSA) is 69.8 Å². The van der Waals surface area contributed by atoms with Crippen molar-refractivity contribution in [3.63, 3.8) is 0 Å². The van der Waals surface area contributed by atoms with Crippen LogP contribution in [0.3, 0.4) is 0 Å². The van der Waals surface area contributed by atoms with Gasteiger partial charge in [-0.2, -0.15) is 0 Å². The SMILES string of the molecule is Cl.O=C(CC1CCCN1)NCc1ccc(-c2nc3ccccc3[nH]2)cc1. The van der Waals surface area contributed by atoms with Crippen molar-refractivity contribution in [2.45, 2.75) is 31.8 Å². The molecule has 0 radical (unpaired) electrons. The molecule has 5 nitrogen and oxygen atoms in total. The minimum atomic E-state index is 0. The molecule has 1 unspecified atom stereocenters. The van der Waals surface area contributed by atoms with Gasteiger partial charge in [0.1, 0.15) is 5.82 Å². The summed E-state index contributed by atoms with van der Waals surface area (Å²) in [4.78, 5) is 19.9. The number of fused-ring (bicyclic) bond motifs is 1. The highest BCUT2D eigenvalue weighted by Crippen LogP contribution is 2.20. The van der Waals surface area contributed by atoms with E-state index in [0.29, 0.717) is 19.0 Å². The molecular weight excluding hydrogens is 348 g/mol. The second kappa shape index (κ2) is 8.34. The van der Waals surface area contributed by atoms with Gasteiger partial charge in [-0.05, 0) is 37.1 Å². The Morgan fingerprint density at radius 3 is 2.69 bits per heavy atom. The summed E-state index contributed by atoms with van der Waals surface area (Å²) in [6, 6.07) is 16.5. The van der Waals surface area contributed by atoms with Crippen LogP contribution >= 0.6 is 12.4 Å². The number of aromatic amines is 1. The fourth-order valence-corrected chi connectivity index (χ4v) is 3.30. The van der Waals surface area contributed by atoms with Crippen LogP contribution in [0.5, 0.6) is 0 Å². The van der Waals surface area contributed by atoms with Gasteiger partial charge >= 0.3 is 0 Å². The molecule has 1 aliphatic heterocycles. The molecule has 2 aromatic carbocycles. The van der Waals surface area contributed by atoms with Crippen LogP contribution in [0.1, 0.15) is 24.8 Å². The van der Waals surface area contributed by atoms with E-state index in [0.717, 1.165) is 41.0 Å². The van der Waals surface area contributed by atoms with Gasteiger partial charge in [-0.25, -0.2) is 4.98 Å². The standard InChI is InChI=1S/C20H22N4O.ClH/c25-19(12-16-4-3-11-21-16)22-13-14-7-9-15(10-8-14)20-23-17-5-1-2-6-18(17)24-20;/h1-2,5-10,16,21H,3-4,11-13H2,(H,22,25)(H,23,24);1H. The summed E-state index contributed by atoms with van der Waals surface area (Å²) in [6.07, 6.45) is 2.83. The van der Waals surface area contributed by atoms with E-state index in [-0.39, 0.29) is 18.3 Å². The van der Waals surface area contributed by atoms with E-state index in [1.54, 1.807) is 0 Å². The van der Waals surface area contributed by atoms with E-state index in [4.69, 9.17) is 0 Å². The van der Waals surface area contributed by atoms with Crippen molar-refractivity contribution in [3.05, 3.63) is 54.1 Å². The number of rotatable bonds is 5. The summed E-state index contributed by atoms with van der Waals surface area (Å²) in [5.41, 5.74) is 4.14. The maximum absolute atomic E-state index is 12.0. The number of para-hydroxylation sites is 2. The van der Waals surface area contributed by atoms with Gasteiger partial charge < -0.3 is 15.6 Å². The minimum Gasteiger partial charge on any atom is -0.352 e. The number of imidazole rings is 1. The first-order valence-corrected chi connectivity index (χ1v) is 8.82. The van der Waals surface area contributed by atoms with Gasteiger partial charge in [0.25, 0.3) is 0 Å². The number of carbonyl (C=O) groups excluding carboxylic acids is 1. The molecule has 1 aromatic heterocycles. The van der Waals surface area contributed by atoms with Gasteiger partial charge in [-0.15, -0.1) is 12.4 Å². The second-order valence-corrected chi connectivity index (χ2v) is 6.57. The lowest BCUT2D eigenvalue weighted by molar-refractivity contribution is -0.121. The van der Waals surface area contributed by atoms with E-state index >= 15 is 0 Å². The lowest BCUT2D eigenvalue weighted by Crippen LogP contribution is -2.31. The third kappa shape index (κ3) is 4.23. The molecule has 0 spiro atoms. The van der Waals surface area contributed by atoms with E-state index in [1.165, 1.54) is 6.42 Å². The molecule has 0 bridgehead atoms. The van der Waals surface area contributed by atoms with Gasteiger partial charge in [0.15, 0.2) is 0 Å². The van der Waals surface area contributed by atoms with Gasteiger partial charge in [0, 0.05) is 24.6 Å². The van der Waals surface area contributed by atoms with Crippen molar-refractivity contribution in [2.75, 3.05) is 6.54 Å². The number of nitrogens with zero attached hydrogens (tertiary/aromatic N) is 1. The smallest absolute Gasteiger partial charge is 0.221 e. The van der Waals surface area contributed by atoms with Crippen LogP contribution in [0.4, 0.5) is 0 Å². The van der Waals surface area contributed by atoms with Crippen LogP contribution in [0.25, 0.3) is 22.4 Å². The van der Waals surface area contributed by atoms with E-state index in [1.807, 2.05) is 48.5 Å². The number of halogens is 1. The fourth-order valence-electron chi connectivity index (χ4n) is 3.30. The molecule has 3 N–H and O–H groups in total. The number of amides is 1. The third-order valence-electron chi connectivity index (χ3n) is 4.70. The molecule has 1 aliphatic rings. The average Bonchev–Trinajstić information content (AvgIpc) is 3.29. The first kappa shape index (κ1) is 18.4. The highest BCUT2D eigenvalue weighted by molar-refractivity contribution is 5.85. The maximum atomic E-state index is 12.0. The summed E-state index contributed by atoms with van der Waals surface area (Å²) >= 11 is 0. The van der Waals surface area contributed by atoms with Crippen LogP contribution in [0.15, 0.2) is 48.5 Å². The van der Waals surface area contributed by atoms with Crippen LogP contribution < -0.4 is 10.6 Å². The van der Waals surface area contributed by atoms with Crippen LogP contribution in [-0.4, -0.2) is 28.5 Å². The molecule has 4 rings (SSSR count). The maximum Gasteiger partial charge on any atom is 0.221 e. The van der Waals surface area contributed by atoms with Crippen LogP contribution in [-0.2, 0) is 11.3 Å². The van der Waals surface area contributed by atoms with Crippen molar-refractivity contribution >= 4 is 29.3 Å². The first-order chi connectivity index (χ1) is 12.3. The van der Waals surface area contributed by atoms with Crippen LogP contribution in [0, 0.1) is 0 Å². The number of hydrogen-bond acceptors (Lipinski definition) is 3. The highest BCUT2D eigenvalue weighted by Gasteiger charge is 2.17. The Morgan fingerprint density at radius 2 is 1.96 bits per heavy atom. The number of benzene rings is 2. The molecule has 6 heteroatoms. The van der Waals surface area contributed by atoms with Gasteiger partial charge in [0.2, 0.25) is 5.91 Å². The fraction of sp³-hybridized carbons (Fsp3) is 0.300. The molecule has 3 aromatic rings. The Hall–Kier alpha value is -2.37. The Kier molecular flexibility index (Phi) is 5.91. The number of aromatic nitrogens is 2. The Labute approximate surface area is 159 Å². The monoisotopic (exact) mass is 370 g/mol. The predicted octanol–water partition coefficient (Wildman–Crippen LogP) is 3.41. The van der Waals surface area contributed by atoms with Crippen molar-refractivity contribution < 1.29 is 4.79 Å². The number of hydrogen-bond donors (Lipinski definition) is 3. The third-order valence-corrected chi connectivity index (χ3v) is 4.70. The van der Waals surface area contributed by atoms with Crippen molar-refractivity contribution in [3.8, 4) is 11.4 Å². The molecule has 1 saturated heterocycles. The normalized spacial score (nSPS) is 16.4. The van der Waals surface area contributed by atoms with E-state index in [2.05, 4.69) is 20.6 Å². The molecule has 0 aliphatic carbocycles. The quantitative estimate of drug-likeness (QED) is 0.644. The lowest BCUT2D eigenvalue weighted by Gasteiger charge is -2.10. The molecule has 2 heterocycles. The Bertz CT molecular complexity index is 836. The lowest BCUT2D eigenvalue weighted by atomic mass is 10.1. The largest absolute Gasteiger partial charge is 0.352 e. The van der Waals surface area contributed by atoms with Crippen LogP contribution in [0.2, 0.25) is 0 Å². The molecule has 136 valence electrons. The molecule has 26 heavy (non-hydrogen) atoms. The number of H-pyrrole nitrogens is 1. The number of nitrogens with one attached hydrogen (secondary N) is 3. The second-order valence-electron chi connectivity index (χ2n) is 6.57. The highest BCUT2D eigenvalue weighted by atomic mass is 35.5. The Morgan fingerprint density at radius 1 is 1.15 bits per heavy atom. The first-order valence-electron chi connectivity index (χ1n) is 8.82. The molecule has 1 amide bonds. The molecule has 1 fully saturated rings. The van der Waals surface area contributed by atoms with Crippen molar-refractivity contribution in [2.24, 2.45) is 0 Å². The summed E-state index contributed by atoms with van der Waals surface area (Å²) in [7, 11) is 0. The summed E-state index contributed by atoms with van der Waals surface area (Å²) in [5, 5.41) is 6.36. The van der Waals surface area contributed by atoms with E-state index < -0.39 is 0 Å². The summed E-state index contributed by atoms with van der Waals surface area (Å²) in [6.45, 7) is 1.59. The zero-order valence-electron chi connectivity index (χ0n) is 14.5. The van der Waals surface area contributed by atoms with E-state index in [9.17, 15) is 4.79 Å². The van der Waals surface area contributed by atoms with Crippen molar-refractivity contribution in [1.29, 1.82) is 0 Å². The summed E-state index contributed by atoms with van der Waals surface area (Å²) < 4.78 is 0. The van der Waals surface area contributed by atoms with Crippen molar-refractivity contribution in [1.82, 2.24) is 20.6 Å². The molecular formula is C20H23ClN4O. The van der Waals surface area contributed by atoms with Gasteiger partial charge in [-0.3, -0.25) is 4.79 Å². The minimum absolute atomic E-state index is 0. The predicted molar refractivity (Wildman–Crippen MR) is 106 cm³/mol. The van der Waals surface area contributed by atoms with Gasteiger partial charge in [0.05, 0.1) is 11.0 Å². The Balaban J connectivity index is 0.00000196. The number of carbonyl (C=O) groups is 1.